The summed E-state index contributed by atoms with van der Waals surface area (Å²) in [4.78, 5) is 0. The van der Waals surface area contributed by atoms with Crippen molar-refractivity contribution in [2.24, 2.45) is 34.8 Å². The topological polar surface area (TPSA) is 26.0 Å². The van der Waals surface area contributed by atoms with Gasteiger partial charge < -0.3 is 5.73 Å². The molecule has 0 aliphatic heterocycles. The van der Waals surface area contributed by atoms with E-state index < -0.39 is 0 Å². The fraction of sp³-hybridized carbons (Fsp3) is 1.00. The zero-order valence-electron chi connectivity index (χ0n) is 8.79. The quantitative estimate of drug-likeness (QED) is 0.607. The lowest BCUT2D eigenvalue weighted by Crippen LogP contribution is -2.60. The van der Waals surface area contributed by atoms with Crippen molar-refractivity contribution in [3.05, 3.63) is 0 Å². The van der Waals surface area contributed by atoms with Gasteiger partial charge in [-0.25, -0.2) is 0 Å². The second kappa shape index (κ2) is 2.31. The first-order valence-electron chi connectivity index (χ1n) is 5.84. The molecule has 0 amide bonds. The second-order valence-corrected chi connectivity index (χ2v) is 6.27. The van der Waals surface area contributed by atoms with Crippen molar-refractivity contribution >= 4 is 0 Å². The minimum atomic E-state index is 0.530. The maximum absolute atomic E-state index is 6.34. The highest BCUT2D eigenvalue weighted by atomic mass is 14.8. The highest BCUT2D eigenvalue weighted by Crippen LogP contribution is 2.61. The van der Waals surface area contributed by atoms with Crippen LogP contribution in [0.25, 0.3) is 0 Å². The fourth-order valence-electron chi connectivity index (χ4n) is 4.55. The smallest absolute Gasteiger partial charge is 0.0101 e. The predicted octanol–water partition coefficient (Wildman–Crippen LogP) is 2.41. The molecule has 0 radical (unpaired) electrons. The van der Waals surface area contributed by atoms with Crippen LogP contribution in [-0.4, -0.2) is 6.04 Å². The van der Waals surface area contributed by atoms with Gasteiger partial charge in [-0.3, -0.25) is 0 Å². The largest absolute Gasteiger partial charge is 0.327 e. The van der Waals surface area contributed by atoms with E-state index in [-0.39, 0.29) is 0 Å². The zero-order valence-corrected chi connectivity index (χ0v) is 8.79. The lowest BCUT2D eigenvalue weighted by molar-refractivity contribution is -0.102. The molecule has 5 unspecified atom stereocenters. The molecule has 4 aliphatic carbocycles. The third-order valence-electron chi connectivity index (χ3n) is 5.45. The van der Waals surface area contributed by atoms with E-state index in [1.807, 2.05) is 0 Å². The Morgan fingerprint density at radius 3 is 2.62 bits per heavy atom. The molecule has 5 atom stereocenters. The third kappa shape index (κ3) is 0.918. The molecule has 4 fully saturated rings. The van der Waals surface area contributed by atoms with Crippen LogP contribution in [0, 0.1) is 29.1 Å². The lowest BCUT2D eigenvalue weighted by atomic mass is 9.45. The van der Waals surface area contributed by atoms with Gasteiger partial charge in [0, 0.05) is 6.04 Å². The summed E-state index contributed by atoms with van der Waals surface area (Å²) in [5.41, 5.74) is 6.89. The average molecular weight is 179 g/mol. The molecule has 0 spiro atoms. The zero-order chi connectivity index (χ0) is 9.22. The van der Waals surface area contributed by atoms with Crippen molar-refractivity contribution in [3.8, 4) is 0 Å². The maximum atomic E-state index is 6.34. The number of nitrogens with two attached hydrogens (primary N) is 1. The molecule has 74 valence electrons. The van der Waals surface area contributed by atoms with Gasteiger partial charge in [0.05, 0.1) is 0 Å². The number of hydrogen-bond donors (Lipinski definition) is 1. The van der Waals surface area contributed by atoms with Gasteiger partial charge in [0.2, 0.25) is 0 Å². The molecule has 4 rings (SSSR count). The fourth-order valence-corrected chi connectivity index (χ4v) is 4.55. The van der Waals surface area contributed by atoms with Crippen LogP contribution in [0.4, 0.5) is 0 Å². The van der Waals surface area contributed by atoms with E-state index in [1.54, 1.807) is 0 Å². The van der Waals surface area contributed by atoms with E-state index in [1.165, 1.54) is 25.7 Å². The van der Waals surface area contributed by atoms with Crippen molar-refractivity contribution in [3.63, 3.8) is 0 Å². The normalized spacial score (nSPS) is 57.0. The molecular weight excluding hydrogens is 158 g/mol. The molecule has 0 aromatic carbocycles. The van der Waals surface area contributed by atoms with Crippen molar-refractivity contribution in [2.75, 3.05) is 0 Å². The molecule has 1 nitrogen and oxygen atoms in total. The highest BCUT2D eigenvalue weighted by molar-refractivity contribution is 5.07. The third-order valence-corrected chi connectivity index (χ3v) is 5.45. The Morgan fingerprint density at radius 2 is 1.85 bits per heavy atom. The maximum Gasteiger partial charge on any atom is 0.0101 e. The summed E-state index contributed by atoms with van der Waals surface area (Å²) in [5, 5.41) is 0. The van der Waals surface area contributed by atoms with Crippen molar-refractivity contribution in [2.45, 2.75) is 45.6 Å². The van der Waals surface area contributed by atoms with Gasteiger partial charge in [-0.15, -0.1) is 0 Å². The van der Waals surface area contributed by atoms with Gasteiger partial charge in [0.1, 0.15) is 0 Å². The number of rotatable bonds is 0. The van der Waals surface area contributed by atoms with E-state index in [2.05, 4.69) is 13.8 Å². The van der Waals surface area contributed by atoms with Crippen LogP contribution in [0.5, 0.6) is 0 Å². The first-order chi connectivity index (χ1) is 6.09. The Bertz CT molecular complexity index is 233. The second-order valence-electron chi connectivity index (χ2n) is 6.27. The molecule has 4 aliphatic rings. The molecule has 4 bridgehead atoms. The van der Waals surface area contributed by atoms with Crippen LogP contribution in [0.1, 0.15) is 39.5 Å². The van der Waals surface area contributed by atoms with Gasteiger partial charge in [-0.05, 0) is 54.8 Å². The minimum absolute atomic E-state index is 0.530. The predicted molar refractivity (Wildman–Crippen MR) is 54.2 cm³/mol. The van der Waals surface area contributed by atoms with Crippen LogP contribution in [0.3, 0.4) is 0 Å². The van der Waals surface area contributed by atoms with Gasteiger partial charge >= 0.3 is 0 Å². The molecule has 0 heterocycles. The number of hydrogen-bond acceptors (Lipinski definition) is 1. The van der Waals surface area contributed by atoms with Crippen LogP contribution in [0.15, 0.2) is 0 Å². The lowest BCUT2D eigenvalue weighted by Gasteiger charge is -2.61. The molecule has 4 saturated carbocycles. The van der Waals surface area contributed by atoms with Gasteiger partial charge in [-0.1, -0.05) is 13.8 Å². The summed E-state index contributed by atoms with van der Waals surface area (Å²) in [6.07, 6.45) is 5.82. The van der Waals surface area contributed by atoms with Gasteiger partial charge in [0.15, 0.2) is 0 Å². The van der Waals surface area contributed by atoms with E-state index in [9.17, 15) is 0 Å². The van der Waals surface area contributed by atoms with Gasteiger partial charge in [0.25, 0.3) is 0 Å². The summed E-state index contributed by atoms with van der Waals surface area (Å²) in [7, 11) is 0. The van der Waals surface area contributed by atoms with Crippen LogP contribution in [-0.2, 0) is 0 Å². The molecule has 0 aromatic heterocycles. The molecule has 0 saturated heterocycles. The Morgan fingerprint density at radius 1 is 1.08 bits per heavy atom. The molecule has 0 aromatic rings. The minimum Gasteiger partial charge on any atom is -0.327 e. The van der Waals surface area contributed by atoms with Crippen molar-refractivity contribution in [1.82, 2.24) is 0 Å². The van der Waals surface area contributed by atoms with E-state index in [4.69, 9.17) is 5.73 Å². The van der Waals surface area contributed by atoms with Crippen LogP contribution >= 0.6 is 0 Å². The van der Waals surface area contributed by atoms with E-state index in [0.29, 0.717) is 11.5 Å². The molecular formula is C12H21N. The SMILES string of the molecule is CC1(C)C2CC3CC(C2)C(N)C1C3. The monoisotopic (exact) mass is 179 g/mol. The molecule has 13 heavy (non-hydrogen) atoms. The summed E-state index contributed by atoms with van der Waals surface area (Å²) in [6.45, 7) is 4.92. The standard InChI is InChI=1S/C12H21N/c1-12(2)9-4-7-3-8(6-9)11(13)10(12)5-7/h7-11H,3-6,13H2,1-2H3. The molecule has 1 heteroatoms. The van der Waals surface area contributed by atoms with E-state index >= 15 is 0 Å². The Labute approximate surface area is 81.1 Å². The highest BCUT2D eigenvalue weighted by Gasteiger charge is 2.55. The van der Waals surface area contributed by atoms with Crippen molar-refractivity contribution < 1.29 is 0 Å². The summed E-state index contributed by atoms with van der Waals surface area (Å²) in [6, 6.07) is 0.530. The molecule has 2 N–H and O–H groups in total. The summed E-state index contributed by atoms with van der Waals surface area (Å²) in [5.74, 6) is 3.76. The van der Waals surface area contributed by atoms with Crippen LogP contribution in [0.2, 0.25) is 0 Å². The Kier molecular flexibility index (Phi) is 1.47. The Hall–Kier alpha value is -0.0400. The summed E-state index contributed by atoms with van der Waals surface area (Å²) < 4.78 is 0. The first-order valence-corrected chi connectivity index (χ1v) is 5.84. The summed E-state index contributed by atoms with van der Waals surface area (Å²) >= 11 is 0. The van der Waals surface area contributed by atoms with E-state index in [0.717, 1.165) is 23.7 Å². The first kappa shape index (κ1) is 8.28. The van der Waals surface area contributed by atoms with Gasteiger partial charge in [-0.2, -0.15) is 0 Å². The Balaban J connectivity index is 1.99. The van der Waals surface area contributed by atoms with Crippen LogP contribution < -0.4 is 5.73 Å². The van der Waals surface area contributed by atoms with Crippen molar-refractivity contribution in [1.29, 1.82) is 0 Å². The average Bonchev–Trinajstić information content (AvgIpc) is 2.08.